The molecule has 1 heterocycles. The fraction of sp³-hybridized carbons (Fsp3) is 0.643. The van der Waals surface area contributed by atoms with Gasteiger partial charge in [-0.25, -0.2) is 9.97 Å². The first-order valence-corrected chi connectivity index (χ1v) is 7.28. The summed E-state index contributed by atoms with van der Waals surface area (Å²) in [6.07, 6.45) is 0.996. The van der Waals surface area contributed by atoms with Crippen molar-refractivity contribution in [1.29, 1.82) is 0 Å². The first-order chi connectivity index (χ1) is 10.2. The molecular weight excluding hydrogens is 272 g/mol. The summed E-state index contributed by atoms with van der Waals surface area (Å²) in [6.45, 7) is 7.97. The summed E-state index contributed by atoms with van der Waals surface area (Å²) in [4.78, 5) is 20.0. The lowest BCUT2D eigenvalue weighted by Crippen LogP contribution is -2.18. The largest absolute Gasteiger partial charge is 0.465 e. The predicted molar refractivity (Wildman–Crippen MR) is 81.3 cm³/mol. The summed E-state index contributed by atoms with van der Waals surface area (Å²) in [7, 11) is 0. The van der Waals surface area contributed by atoms with Gasteiger partial charge in [0.15, 0.2) is 5.82 Å². The number of hydrogen-bond donors (Lipinski definition) is 2. The van der Waals surface area contributed by atoms with Crippen LogP contribution < -0.4 is 10.6 Å². The zero-order valence-corrected chi connectivity index (χ0v) is 12.9. The van der Waals surface area contributed by atoms with Gasteiger partial charge in [0.25, 0.3) is 0 Å². The normalized spacial score (nSPS) is 10.2. The number of anilines is 2. The number of ether oxygens (including phenoxy) is 2. The fourth-order valence-corrected chi connectivity index (χ4v) is 1.56. The van der Waals surface area contributed by atoms with Crippen molar-refractivity contribution in [2.24, 2.45) is 0 Å². The van der Waals surface area contributed by atoms with Crippen LogP contribution in [0.1, 0.15) is 33.0 Å². The third kappa shape index (κ3) is 6.89. The highest BCUT2D eigenvalue weighted by Gasteiger charge is 2.07. The van der Waals surface area contributed by atoms with Gasteiger partial charge in [0, 0.05) is 19.2 Å². The lowest BCUT2D eigenvalue weighted by molar-refractivity contribution is -0.140. The van der Waals surface area contributed by atoms with Gasteiger partial charge < -0.3 is 20.1 Å². The van der Waals surface area contributed by atoms with Crippen LogP contribution in [0, 0.1) is 0 Å². The van der Waals surface area contributed by atoms with Crippen LogP contribution in [0.15, 0.2) is 6.07 Å². The van der Waals surface area contributed by atoms with Gasteiger partial charge >= 0.3 is 5.97 Å². The average Bonchev–Trinajstić information content (AvgIpc) is 2.49. The van der Waals surface area contributed by atoms with Crippen LogP contribution in [-0.2, 0) is 20.9 Å². The summed E-state index contributed by atoms with van der Waals surface area (Å²) < 4.78 is 10.2. The van der Waals surface area contributed by atoms with Crippen molar-refractivity contribution in [3.05, 3.63) is 11.9 Å². The van der Waals surface area contributed by atoms with Gasteiger partial charge in [0.1, 0.15) is 24.8 Å². The molecule has 0 radical (unpaired) electrons. The third-order valence-electron chi connectivity index (χ3n) is 2.48. The minimum atomic E-state index is -0.314. The smallest absolute Gasteiger partial charge is 0.325 e. The Labute approximate surface area is 125 Å². The fourth-order valence-electron chi connectivity index (χ4n) is 1.56. The molecule has 0 aliphatic heterocycles. The molecule has 0 unspecified atom stereocenters. The predicted octanol–water partition coefficient (Wildman–Crippen LogP) is 1.81. The second-order valence-electron chi connectivity index (χ2n) is 4.28. The Morgan fingerprint density at radius 1 is 1.14 bits per heavy atom. The summed E-state index contributed by atoms with van der Waals surface area (Å²) in [5, 5.41) is 6.14. The Morgan fingerprint density at radius 3 is 2.48 bits per heavy atom. The zero-order chi connectivity index (χ0) is 15.5. The van der Waals surface area contributed by atoms with Crippen molar-refractivity contribution in [3.63, 3.8) is 0 Å². The lowest BCUT2D eigenvalue weighted by atomic mass is 10.4. The molecular formula is C14H24N4O3. The van der Waals surface area contributed by atoms with Crippen LogP contribution in [0.4, 0.5) is 11.6 Å². The molecule has 7 nitrogen and oxygen atoms in total. The molecule has 1 rings (SSSR count). The topological polar surface area (TPSA) is 85.4 Å². The minimum Gasteiger partial charge on any atom is -0.465 e. The van der Waals surface area contributed by atoms with E-state index >= 15 is 0 Å². The Morgan fingerprint density at radius 2 is 1.86 bits per heavy atom. The van der Waals surface area contributed by atoms with Gasteiger partial charge in [-0.05, 0) is 20.3 Å². The van der Waals surface area contributed by atoms with Gasteiger partial charge in [-0.15, -0.1) is 0 Å². The first-order valence-electron chi connectivity index (χ1n) is 7.28. The van der Waals surface area contributed by atoms with Gasteiger partial charge in [0.2, 0.25) is 0 Å². The van der Waals surface area contributed by atoms with E-state index in [4.69, 9.17) is 9.47 Å². The summed E-state index contributed by atoms with van der Waals surface area (Å²) in [6, 6.07) is 1.77. The van der Waals surface area contributed by atoms with E-state index in [1.165, 1.54) is 0 Å². The quantitative estimate of drug-likeness (QED) is 0.637. The standard InChI is InChI=1S/C14H24N4O3/c1-4-7-15-11-8-12(16-9-14(19)21-6-3)18-13(17-11)10-20-5-2/h8H,4-7,9-10H2,1-3H3,(H2,15,16,17,18). The van der Waals surface area contributed by atoms with Gasteiger partial charge in [-0.3, -0.25) is 4.79 Å². The van der Waals surface area contributed by atoms with E-state index in [0.29, 0.717) is 37.3 Å². The molecule has 0 fully saturated rings. The number of carbonyl (C=O) groups is 1. The van der Waals surface area contributed by atoms with Crippen molar-refractivity contribution in [3.8, 4) is 0 Å². The van der Waals surface area contributed by atoms with Crippen LogP contribution in [-0.4, -0.2) is 42.2 Å². The number of esters is 1. The maximum absolute atomic E-state index is 11.4. The Hall–Kier alpha value is -1.89. The van der Waals surface area contributed by atoms with E-state index in [9.17, 15) is 4.79 Å². The van der Waals surface area contributed by atoms with Crippen molar-refractivity contribution < 1.29 is 14.3 Å². The summed E-state index contributed by atoms with van der Waals surface area (Å²) in [5.41, 5.74) is 0. The molecule has 0 saturated heterocycles. The van der Waals surface area contributed by atoms with Gasteiger partial charge in [-0.2, -0.15) is 0 Å². The monoisotopic (exact) mass is 296 g/mol. The van der Waals surface area contributed by atoms with E-state index in [1.807, 2.05) is 6.92 Å². The summed E-state index contributed by atoms with van der Waals surface area (Å²) >= 11 is 0. The number of nitrogens with one attached hydrogen (secondary N) is 2. The number of carbonyl (C=O) groups excluding carboxylic acids is 1. The van der Waals surface area contributed by atoms with Crippen LogP contribution in [0.3, 0.4) is 0 Å². The molecule has 1 aromatic heterocycles. The molecule has 0 atom stereocenters. The third-order valence-corrected chi connectivity index (χ3v) is 2.48. The molecule has 1 aromatic rings. The van der Waals surface area contributed by atoms with E-state index in [1.54, 1.807) is 13.0 Å². The first kappa shape index (κ1) is 17.2. The van der Waals surface area contributed by atoms with Crippen LogP contribution in [0.25, 0.3) is 0 Å². The Bertz CT molecular complexity index is 414. The SMILES string of the molecule is CCCNc1cc(NCC(=O)OCC)nc(COCC)n1. The highest BCUT2D eigenvalue weighted by atomic mass is 16.5. The molecule has 118 valence electrons. The van der Waals surface area contributed by atoms with E-state index in [0.717, 1.165) is 13.0 Å². The van der Waals surface area contributed by atoms with Crippen molar-refractivity contribution >= 4 is 17.6 Å². The number of aromatic nitrogens is 2. The molecule has 21 heavy (non-hydrogen) atoms. The van der Waals surface area contributed by atoms with Crippen molar-refractivity contribution in [1.82, 2.24) is 9.97 Å². The van der Waals surface area contributed by atoms with Crippen LogP contribution >= 0.6 is 0 Å². The molecule has 0 spiro atoms. The molecule has 0 saturated carbocycles. The van der Waals surface area contributed by atoms with Crippen LogP contribution in [0.2, 0.25) is 0 Å². The molecule has 0 aromatic carbocycles. The lowest BCUT2D eigenvalue weighted by Gasteiger charge is -2.11. The molecule has 2 N–H and O–H groups in total. The van der Waals surface area contributed by atoms with E-state index in [2.05, 4.69) is 27.5 Å². The Balaban J connectivity index is 2.72. The second kappa shape index (κ2) is 9.93. The number of rotatable bonds is 10. The Kier molecular flexibility index (Phi) is 8.11. The number of nitrogens with zero attached hydrogens (tertiary/aromatic N) is 2. The van der Waals surface area contributed by atoms with Crippen LogP contribution in [0.5, 0.6) is 0 Å². The van der Waals surface area contributed by atoms with Crippen molar-refractivity contribution in [2.45, 2.75) is 33.8 Å². The van der Waals surface area contributed by atoms with E-state index < -0.39 is 0 Å². The van der Waals surface area contributed by atoms with Gasteiger partial charge in [-0.1, -0.05) is 6.92 Å². The molecule has 0 aliphatic carbocycles. The van der Waals surface area contributed by atoms with Gasteiger partial charge in [0.05, 0.1) is 6.61 Å². The molecule has 0 aliphatic rings. The van der Waals surface area contributed by atoms with Crippen molar-refractivity contribution in [2.75, 3.05) is 36.9 Å². The maximum atomic E-state index is 11.4. The summed E-state index contributed by atoms with van der Waals surface area (Å²) in [5.74, 6) is 1.55. The molecule has 0 bridgehead atoms. The highest BCUT2D eigenvalue weighted by Crippen LogP contribution is 2.12. The average molecular weight is 296 g/mol. The second-order valence-corrected chi connectivity index (χ2v) is 4.28. The number of hydrogen-bond acceptors (Lipinski definition) is 7. The highest BCUT2D eigenvalue weighted by molar-refractivity contribution is 5.74. The zero-order valence-electron chi connectivity index (χ0n) is 12.9. The maximum Gasteiger partial charge on any atom is 0.325 e. The van der Waals surface area contributed by atoms with E-state index in [-0.39, 0.29) is 12.5 Å². The molecule has 7 heteroatoms. The minimum absolute atomic E-state index is 0.0755. The molecule has 0 amide bonds.